The molecule has 1 saturated heterocycles. The third-order valence-electron chi connectivity index (χ3n) is 3.83. The molecule has 2 aliphatic rings. The fourth-order valence-electron chi connectivity index (χ4n) is 2.75. The lowest BCUT2D eigenvalue weighted by Crippen LogP contribution is -2.39. The second-order valence-electron chi connectivity index (χ2n) is 5.18. The van der Waals surface area contributed by atoms with Gasteiger partial charge in [0.2, 0.25) is 5.89 Å². The Morgan fingerprint density at radius 1 is 1.24 bits per heavy atom. The predicted molar refractivity (Wildman–Crippen MR) is 67.7 cm³/mol. The molecule has 1 saturated carbocycles. The Hall–Kier alpha value is -0.550. The minimum absolute atomic E-state index is 0.354. The van der Waals surface area contributed by atoms with E-state index in [1.165, 1.54) is 37.9 Å². The first-order valence-corrected chi connectivity index (χ1v) is 7.57. The van der Waals surface area contributed by atoms with Crippen molar-refractivity contribution in [3.8, 4) is 0 Å². The van der Waals surface area contributed by atoms with E-state index < -0.39 is 0 Å². The molecule has 0 bridgehead atoms. The van der Waals surface area contributed by atoms with Crippen LogP contribution in [0.1, 0.15) is 61.9 Å². The first-order chi connectivity index (χ1) is 8.28. The average Bonchev–Trinajstić information content (AvgIpc) is 3.01. The molecule has 1 atom stereocenters. The van der Waals surface area contributed by atoms with Gasteiger partial charge in [0.15, 0.2) is 5.82 Å². The van der Waals surface area contributed by atoms with Gasteiger partial charge in [0.25, 0.3) is 0 Å². The molecule has 2 heterocycles. The number of aromatic nitrogens is 2. The van der Waals surface area contributed by atoms with Crippen LogP contribution in [-0.4, -0.2) is 15.9 Å². The summed E-state index contributed by atoms with van der Waals surface area (Å²) in [6.07, 6.45) is 8.00. The molecule has 0 radical (unpaired) electrons. The van der Waals surface area contributed by atoms with Gasteiger partial charge in [0.05, 0.1) is 10.8 Å². The molecule has 94 valence electrons. The summed E-state index contributed by atoms with van der Waals surface area (Å²) in [6, 6.07) is 0. The van der Waals surface area contributed by atoms with Crippen LogP contribution < -0.4 is 5.73 Å². The van der Waals surface area contributed by atoms with Crippen LogP contribution in [0.25, 0.3) is 0 Å². The third kappa shape index (κ3) is 2.22. The monoisotopic (exact) mass is 253 g/mol. The molecule has 17 heavy (non-hydrogen) atoms. The van der Waals surface area contributed by atoms with Gasteiger partial charge in [0.1, 0.15) is 0 Å². The Morgan fingerprint density at radius 3 is 2.76 bits per heavy atom. The molecule has 5 heteroatoms. The van der Waals surface area contributed by atoms with Crippen molar-refractivity contribution in [3.05, 3.63) is 11.7 Å². The molecule has 1 unspecified atom stereocenters. The van der Waals surface area contributed by atoms with E-state index in [-0.39, 0.29) is 5.54 Å². The van der Waals surface area contributed by atoms with Crippen LogP contribution in [0, 0.1) is 0 Å². The molecule has 0 aromatic carbocycles. The van der Waals surface area contributed by atoms with Crippen molar-refractivity contribution in [1.29, 1.82) is 0 Å². The quantitative estimate of drug-likeness (QED) is 0.878. The van der Waals surface area contributed by atoms with Gasteiger partial charge >= 0.3 is 0 Å². The second-order valence-corrected chi connectivity index (χ2v) is 6.49. The van der Waals surface area contributed by atoms with E-state index in [1.807, 2.05) is 11.8 Å². The van der Waals surface area contributed by atoms with Crippen molar-refractivity contribution in [2.24, 2.45) is 5.73 Å². The Balaban J connectivity index is 1.78. The summed E-state index contributed by atoms with van der Waals surface area (Å²) in [7, 11) is 0. The van der Waals surface area contributed by atoms with Gasteiger partial charge < -0.3 is 10.3 Å². The zero-order chi connectivity index (χ0) is 11.7. The minimum Gasteiger partial charge on any atom is -0.337 e. The van der Waals surface area contributed by atoms with Crippen molar-refractivity contribution in [2.75, 3.05) is 5.75 Å². The fourth-order valence-corrected chi connectivity index (χ4v) is 3.94. The zero-order valence-corrected chi connectivity index (χ0v) is 10.8. The number of thioether (sulfide) groups is 1. The van der Waals surface area contributed by atoms with E-state index >= 15 is 0 Å². The lowest BCUT2D eigenvalue weighted by molar-refractivity contribution is 0.219. The highest BCUT2D eigenvalue weighted by Gasteiger charge is 2.36. The maximum absolute atomic E-state index is 6.39. The molecule has 1 aliphatic carbocycles. The van der Waals surface area contributed by atoms with E-state index in [4.69, 9.17) is 10.3 Å². The predicted octanol–water partition coefficient (Wildman–Crippen LogP) is 2.76. The highest BCUT2D eigenvalue weighted by molar-refractivity contribution is 7.99. The average molecular weight is 253 g/mol. The van der Waals surface area contributed by atoms with Crippen molar-refractivity contribution in [3.63, 3.8) is 0 Å². The number of hydrogen-bond acceptors (Lipinski definition) is 5. The van der Waals surface area contributed by atoms with Gasteiger partial charge in [-0.25, -0.2) is 0 Å². The first-order valence-electron chi connectivity index (χ1n) is 6.52. The van der Waals surface area contributed by atoms with E-state index in [0.717, 1.165) is 18.7 Å². The SMILES string of the molecule is NC1(c2nc(C3CCCS3)no2)CCCCC1. The van der Waals surface area contributed by atoms with Crippen LogP contribution >= 0.6 is 11.8 Å². The van der Waals surface area contributed by atoms with E-state index in [0.29, 0.717) is 11.1 Å². The van der Waals surface area contributed by atoms with Crippen molar-refractivity contribution >= 4 is 11.8 Å². The number of rotatable bonds is 2. The highest BCUT2D eigenvalue weighted by atomic mass is 32.2. The first kappa shape index (κ1) is 11.5. The Kier molecular flexibility index (Phi) is 3.13. The van der Waals surface area contributed by atoms with Gasteiger partial charge in [-0.2, -0.15) is 16.7 Å². The summed E-state index contributed by atoms with van der Waals surface area (Å²) < 4.78 is 5.42. The smallest absolute Gasteiger partial charge is 0.246 e. The summed E-state index contributed by atoms with van der Waals surface area (Å²) in [5.74, 6) is 2.74. The highest BCUT2D eigenvalue weighted by Crippen LogP contribution is 2.40. The van der Waals surface area contributed by atoms with E-state index in [2.05, 4.69) is 10.1 Å². The number of nitrogens with two attached hydrogens (primary N) is 1. The molecule has 4 nitrogen and oxygen atoms in total. The molecule has 3 rings (SSSR count). The van der Waals surface area contributed by atoms with Crippen LogP contribution in [0.4, 0.5) is 0 Å². The van der Waals surface area contributed by atoms with Crippen molar-refractivity contribution in [1.82, 2.24) is 10.1 Å². The fraction of sp³-hybridized carbons (Fsp3) is 0.833. The third-order valence-corrected chi connectivity index (χ3v) is 5.20. The topological polar surface area (TPSA) is 64.9 Å². The summed E-state index contributed by atoms with van der Waals surface area (Å²) in [5.41, 5.74) is 6.03. The lowest BCUT2D eigenvalue weighted by Gasteiger charge is -2.29. The van der Waals surface area contributed by atoms with Crippen LogP contribution in [0.5, 0.6) is 0 Å². The molecule has 2 fully saturated rings. The molecule has 0 amide bonds. The Labute approximate surface area is 106 Å². The Bertz CT molecular complexity index is 381. The maximum atomic E-state index is 6.39. The van der Waals surface area contributed by atoms with E-state index in [1.54, 1.807) is 0 Å². The number of nitrogens with zero attached hydrogens (tertiary/aromatic N) is 2. The van der Waals surface area contributed by atoms with Gasteiger partial charge in [-0.15, -0.1) is 0 Å². The molecule has 0 spiro atoms. The molecular formula is C12H19N3OS. The van der Waals surface area contributed by atoms with Crippen LogP contribution in [0.15, 0.2) is 4.52 Å². The molecule has 1 aromatic heterocycles. The van der Waals surface area contributed by atoms with Crippen molar-refractivity contribution in [2.45, 2.75) is 55.7 Å². The van der Waals surface area contributed by atoms with Gasteiger partial charge in [-0.05, 0) is 31.4 Å². The van der Waals surface area contributed by atoms with Gasteiger partial charge in [-0.3, -0.25) is 0 Å². The van der Waals surface area contributed by atoms with Crippen molar-refractivity contribution < 1.29 is 4.52 Å². The largest absolute Gasteiger partial charge is 0.337 e. The maximum Gasteiger partial charge on any atom is 0.246 e. The molecule has 1 aromatic rings. The van der Waals surface area contributed by atoms with Crippen LogP contribution in [-0.2, 0) is 5.54 Å². The summed E-state index contributed by atoms with van der Waals surface area (Å²) in [6.45, 7) is 0. The minimum atomic E-state index is -0.354. The second kappa shape index (κ2) is 4.61. The summed E-state index contributed by atoms with van der Waals surface area (Å²) in [4.78, 5) is 4.56. The molecule has 1 aliphatic heterocycles. The van der Waals surface area contributed by atoms with Crippen LogP contribution in [0.2, 0.25) is 0 Å². The normalized spacial score (nSPS) is 28.4. The van der Waals surface area contributed by atoms with Crippen LogP contribution in [0.3, 0.4) is 0 Å². The summed E-state index contributed by atoms with van der Waals surface area (Å²) in [5, 5.41) is 4.56. The number of hydrogen-bond donors (Lipinski definition) is 1. The van der Waals surface area contributed by atoms with E-state index in [9.17, 15) is 0 Å². The Morgan fingerprint density at radius 2 is 2.06 bits per heavy atom. The lowest BCUT2D eigenvalue weighted by atomic mass is 9.82. The van der Waals surface area contributed by atoms with Gasteiger partial charge in [0, 0.05) is 0 Å². The molecule has 2 N–H and O–H groups in total. The summed E-state index contributed by atoms with van der Waals surface area (Å²) >= 11 is 1.93. The van der Waals surface area contributed by atoms with Gasteiger partial charge in [-0.1, -0.05) is 24.4 Å². The zero-order valence-electron chi connectivity index (χ0n) is 10.0. The molecular weight excluding hydrogens is 234 g/mol. The standard InChI is InChI=1S/C12H19N3OS/c13-12(6-2-1-3-7-12)11-14-10(15-16-11)9-5-4-8-17-9/h9H,1-8,13H2.